The molecule has 0 fully saturated rings. The topological polar surface area (TPSA) is 37.3 Å². The first-order chi connectivity index (χ1) is 4.91. The first kappa shape index (κ1) is 4.87. The lowest BCUT2D eigenvalue weighted by molar-refractivity contribution is -0.140. The number of aliphatic carboxylic acids is 1. The van der Waals surface area contributed by atoms with E-state index in [9.17, 15) is 4.79 Å². The highest BCUT2D eigenvalue weighted by Crippen LogP contribution is 1.98. The monoisotopic (exact) mass is 128 g/mol. The maximum atomic E-state index is 10.3. The minimum atomic E-state index is -1.93. The average Bonchev–Trinajstić information content (AvgIpc) is 1.86. The molecule has 0 saturated heterocycles. The Balaban J connectivity index is 4.50. The van der Waals surface area contributed by atoms with Crippen molar-refractivity contribution in [2.45, 2.75) is 20.2 Å². The average molecular weight is 128 g/mol. The SMILES string of the molecule is [2H]C([2H])(C#CC)C(C)C(=O)O. The van der Waals surface area contributed by atoms with E-state index in [4.69, 9.17) is 7.85 Å². The van der Waals surface area contributed by atoms with E-state index < -0.39 is 18.3 Å². The van der Waals surface area contributed by atoms with Crippen LogP contribution >= 0.6 is 0 Å². The van der Waals surface area contributed by atoms with Gasteiger partial charge in [0.15, 0.2) is 0 Å². The fraction of sp³-hybridized carbons (Fsp3) is 0.571. The van der Waals surface area contributed by atoms with Gasteiger partial charge in [-0.1, -0.05) is 6.92 Å². The molecule has 1 atom stereocenters. The van der Waals surface area contributed by atoms with Crippen LogP contribution in [-0.2, 0) is 4.79 Å². The Bertz CT molecular complexity index is 212. The van der Waals surface area contributed by atoms with Gasteiger partial charge >= 0.3 is 5.97 Å². The summed E-state index contributed by atoms with van der Waals surface area (Å²) in [6.07, 6.45) is -1.93. The highest BCUT2D eigenvalue weighted by atomic mass is 16.4. The van der Waals surface area contributed by atoms with Crippen molar-refractivity contribution in [1.82, 2.24) is 0 Å². The highest BCUT2D eigenvalue weighted by Gasteiger charge is 2.07. The first-order valence-corrected chi connectivity index (χ1v) is 2.58. The van der Waals surface area contributed by atoms with E-state index in [-0.39, 0.29) is 0 Å². The Hall–Kier alpha value is -0.970. The Morgan fingerprint density at radius 1 is 2.00 bits per heavy atom. The van der Waals surface area contributed by atoms with Crippen LogP contribution in [0, 0.1) is 17.8 Å². The number of carbonyl (C=O) groups is 1. The van der Waals surface area contributed by atoms with E-state index in [0.29, 0.717) is 0 Å². The highest BCUT2D eigenvalue weighted by molar-refractivity contribution is 5.69. The molecule has 0 rings (SSSR count). The summed E-state index contributed by atoms with van der Waals surface area (Å²) < 4.78 is 14.3. The van der Waals surface area contributed by atoms with Crippen LogP contribution in [0.5, 0.6) is 0 Å². The maximum Gasteiger partial charge on any atom is 0.307 e. The maximum absolute atomic E-state index is 10.3. The van der Waals surface area contributed by atoms with E-state index >= 15 is 0 Å². The molecule has 2 nitrogen and oxygen atoms in total. The third-order valence-electron chi connectivity index (χ3n) is 0.784. The normalized spacial score (nSPS) is 16.2. The van der Waals surface area contributed by atoms with Crippen LogP contribution in [0.4, 0.5) is 0 Å². The lowest BCUT2D eigenvalue weighted by Gasteiger charge is -1.96. The fourth-order valence-electron chi connectivity index (χ4n) is 0.242. The molecule has 50 valence electrons. The van der Waals surface area contributed by atoms with Crippen molar-refractivity contribution in [3.05, 3.63) is 0 Å². The minimum Gasteiger partial charge on any atom is -0.481 e. The first-order valence-electron chi connectivity index (χ1n) is 3.58. The van der Waals surface area contributed by atoms with E-state index in [0.717, 1.165) is 0 Å². The van der Waals surface area contributed by atoms with Gasteiger partial charge in [0.05, 0.1) is 5.92 Å². The predicted molar refractivity (Wildman–Crippen MR) is 34.9 cm³/mol. The number of hydrogen-bond acceptors (Lipinski definition) is 1. The molecule has 0 saturated carbocycles. The Morgan fingerprint density at radius 2 is 2.56 bits per heavy atom. The Kier molecular flexibility index (Phi) is 2.14. The molecule has 0 amide bonds. The molecular weight excluding hydrogens is 116 g/mol. The summed E-state index contributed by atoms with van der Waals surface area (Å²) in [5, 5.41) is 8.44. The molecule has 0 spiro atoms. The van der Waals surface area contributed by atoms with Gasteiger partial charge in [-0.05, 0) is 6.92 Å². The van der Waals surface area contributed by atoms with E-state index in [1.165, 1.54) is 13.8 Å². The van der Waals surface area contributed by atoms with Gasteiger partial charge in [0.1, 0.15) is 0 Å². The van der Waals surface area contributed by atoms with E-state index in [1.54, 1.807) is 0 Å². The summed E-state index contributed by atoms with van der Waals surface area (Å²) >= 11 is 0. The van der Waals surface area contributed by atoms with Gasteiger partial charge in [0, 0.05) is 9.11 Å². The van der Waals surface area contributed by atoms with Gasteiger partial charge in [-0.3, -0.25) is 4.79 Å². The molecule has 0 bridgehead atoms. The van der Waals surface area contributed by atoms with Gasteiger partial charge in [-0.2, -0.15) is 0 Å². The van der Waals surface area contributed by atoms with Crippen LogP contribution in [0.3, 0.4) is 0 Å². The molecule has 0 heterocycles. The summed E-state index contributed by atoms with van der Waals surface area (Å²) in [6.45, 7) is 2.78. The lowest BCUT2D eigenvalue weighted by atomic mass is 10.1. The van der Waals surface area contributed by atoms with E-state index in [1.807, 2.05) is 0 Å². The van der Waals surface area contributed by atoms with Crippen molar-refractivity contribution in [2.24, 2.45) is 5.92 Å². The number of hydrogen-bond donors (Lipinski definition) is 1. The summed E-state index contributed by atoms with van der Waals surface area (Å²) in [6, 6.07) is 0. The van der Waals surface area contributed by atoms with Crippen molar-refractivity contribution in [1.29, 1.82) is 0 Å². The van der Waals surface area contributed by atoms with Crippen molar-refractivity contribution in [3.8, 4) is 11.8 Å². The molecule has 1 N–H and O–H groups in total. The minimum absolute atomic E-state index is 1.09. The molecule has 0 aliphatic rings. The van der Waals surface area contributed by atoms with Crippen LogP contribution in [0.1, 0.15) is 23.0 Å². The molecule has 1 unspecified atom stereocenters. The van der Waals surface area contributed by atoms with E-state index in [2.05, 4.69) is 11.8 Å². The number of carboxylic acid groups (broad SMARTS) is 1. The molecule has 0 aromatic heterocycles. The van der Waals surface area contributed by atoms with Crippen LogP contribution < -0.4 is 0 Å². The predicted octanol–water partition coefficient (Wildman–Crippen LogP) is 1.12. The third-order valence-corrected chi connectivity index (χ3v) is 0.784. The molecule has 2 heteroatoms. The molecule has 0 aromatic rings. The zero-order chi connectivity index (χ0) is 9.07. The van der Waals surface area contributed by atoms with Crippen molar-refractivity contribution in [2.75, 3.05) is 0 Å². The third kappa shape index (κ3) is 3.60. The zero-order valence-electron chi connectivity index (χ0n) is 7.43. The Labute approximate surface area is 57.7 Å². The molecule has 9 heavy (non-hydrogen) atoms. The molecule has 0 aromatic carbocycles. The summed E-state index contributed by atoms with van der Waals surface area (Å²) in [5.41, 5.74) is 0. The van der Waals surface area contributed by atoms with Crippen LogP contribution in [0.2, 0.25) is 0 Å². The molecule has 0 aliphatic carbocycles. The standard InChI is InChI=1S/C7H10O2/c1-3-4-5-6(2)7(8)9/h6H,5H2,1-2H3,(H,8,9)/i5D2. The lowest BCUT2D eigenvalue weighted by Crippen LogP contribution is -2.07. The van der Waals surface area contributed by atoms with Crippen molar-refractivity contribution < 1.29 is 12.6 Å². The van der Waals surface area contributed by atoms with Gasteiger partial charge in [0.2, 0.25) is 0 Å². The molecule has 0 aliphatic heterocycles. The van der Waals surface area contributed by atoms with Crippen molar-refractivity contribution >= 4 is 5.97 Å². The van der Waals surface area contributed by atoms with Crippen LogP contribution in [0.15, 0.2) is 0 Å². The molecule has 0 radical (unpaired) electrons. The second-order valence-corrected chi connectivity index (χ2v) is 1.58. The smallest absolute Gasteiger partial charge is 0.307 e. The zero-order valence-corrected chi connectivity index (χ0v) is 5.43. The fourth-order valence-corrected chi connectivity index (χ4v) is 0.242. The quantitative estimate of drug-likeness (QED) is 0.566. The van der Waals surface area contributed by atoms with Gasteiger partial charge in [0.25, 0.3) is 0 Å². The van der Waals surface area contributed by atoms with Crippen LogP contribution in [-0.4, -0.2) is 11.1 Å². The second kappa shape index (κ2) is 3.96. The molecular formula is C7H10O2. The van der Waals surface area contributed by atoms with Crippen molar-refractivity contribution in [3.63, 3.8) is 0 Å². The summed E-state index contributed by atoms with van der Waals surface area (Å²) in [7, 11) is 0. The van der Waals surface area contributed by atoms with Gasteiger partial charge < -0.3 is 5.11 Å². The number of carboxylic acids is 1. The Morgan fingerprint density at radius 3 is 2.89 bits per heavy atom. The van der Waals surface area contributed by atoms with Gasteiger partial charge in [-0.15, -0.1) is 11.8 Å². The number of rotatable bonds is 2. The van der Waals surface area contributed by atoms with Gasteiger partial charge in [-0.25, -0.2) is 0 Å². The van der Waals surface area contributed by atoms with Crippen LogP contribution in [0.25, 0.3) is 0 Å². The largest absolute Gasteiger partial charge is 0.481 e. The summed E-state index contributed by atoms with van der Waals surface area (Å²) in [5.74, 6) is 2.30. The second-order valence-electron chi connectivity index (χ2n) is 1.58. The summed E-state index contributed by atoms with van der Waals surface area (Å²) in [4.78, 5) is 10.3.